The van der Waals surface area contributed by atoms with Gasteiger partial charge in [0, 0.05) is 0 Å². The van der Waals surface area contributed by atoms with Crippen LogP contribution in [-0.4, -0.2) is 59.9 Å². The van der Waals surface area contributed by atoms with Crippen LogP contribution in [0.2, 0.25) is 0 Å². The highest BCUT2D eigenvalue weighted by Gasteiger charge is 2.95. The van der Waals surface area contributed by atoms with Crippen LogP contribution in [0.1, 0.15) is 12.0 Å². The Hall–Kier alpha value is -2.64. The summed E-state index contributed by atoms with van der Waals surface area (Å²) in [5.41, 5.74) is -0.232. The van der Waals surface area contributed by atoms with E-state index < -0.39 is 72.6 Å². The molecule has 232 valence electrons. The molecule has 0 bridgehead atoms. The van der Waals surface area contributed by atoms with Gasteiger partial charge in [-0.2, -0.15) is 83.4 Å². The lowest BCUT2D eigenvalue weighted by atomic mass is 9.87. The van der Waals surface area contributed by atoms with Gasteiger partial charge in [-0.15, -0.1) is 0 Å². The summed E-state index contributed by atoms with van der Waals surface area (Å²) in [6.45, 7) is 0. The van der Waals surface area contributed by atoms with Crippen molar-refractivity contribution in [1.82, 2.24) is 0 Å². The Morgan fingerprint density at radius 2 is 0.925 bits per heavy atom. The highest BCUT2D eigenvalue weighted by Crippen LogP contribution is 2.64. The zero-order valence-corrected chi connectivity index (χ0v) is 18.3. The third-order valence-electron chi connectivity index (χ3n) is 4.84. The molecule has 40 heavy (non-hydrogen) atoms. The second-order valence-electron chi connectivity index (χ2n) is 7.70. The summed E-state index contributed by atoms with van der Waals surface area (Å²) in [4.78, 5) is 0. The van der Waals surface area contributed by atoms with Crippen molar-refractivity contribution in [2.45, 2.75) is 66.3 Å². The van der Waals surface area contributed by atoms with Crippen molar-refractivity contribution in [2.24, 2.45) is 0 Å². The molecule has 0 aliphatic rings. The molecule has 1 aromatic rings. The number of hydrogen-bond donors (Lipinski definition) is 0. The summed E-state index contributed by atoms with van der Waals surface area (Å²) in [5.74, 6) is -59.3. The SMILES string of the molecule is FC(CC(F)(F)F)C(F)(F)C(F)(F)C(F)(F)C(F)(F)C(F)(F)C(F)(F)C(F)(F)C(F)(F)OC=Cc1ccccc1. The largest absolute Gasteiger partial charge is 0.470 e. The predicted molar refractivity (Wildman–Crippen MR) is 91.7 cm³/mol. The molecule has 0 aromatic heterocycles. The topological polar surface area (TPSA) is 9.23 Å². The molecule has 1 unspecified atom stereocenters. The van der Waals surface area contributed by atoms with E-state index in [0.717, 1.165) is 24.3 Å². The highest BCUT2D eigenvalue weighted by atomic mass is 19.4. The number of halogens is 20. The average Bonchev–Trinajstić information content (AvgIpc) is 2.77. The molecule has 1 rings (SSSR count). The van der Waals surface area contributed by atoms with Crippen molar-refractivity contribution in [1.29, 1.82) is 0 Å². The molecule has 0 saturated heterocycles. The molecule has 1 nitrogen and oxygen atoms in total. The Kier molecular flexibility index (Phi) is 9.13. The van der Waals surface area contributed by atoms with Gasteiger partial charge in [-0.25, -0.2) is 4.39 Å². The van der Waals surface area contributed by atoms with Crippen LogP contribution in [0.3, 0.4) is 0 Å². The molecule has 0 aliphatic carbocycles. The lowest BCUT2D eigenvalue weighted by Gasteiger charge is -2.43. The van der Waals surface area contributed by atoms with E-state index in [1.807, 2.05) is 0 Å². The molecule has 0 saturated carbocycles. The first-order valence-corrected chi connectivity index (χ1v) is 9.58. The summed E-state index contributed by atoms with van der Waals surface area (Å²) >= 11 is 0. The Morgan fingerprint density at radius 1 is 0.550 bits per heavy atom. The molecular weight excluding hydrogens is 624 g/mol. The maximum atomic E-state index is 13.8. The van der Waals surface area contributed by atoms with E-state index in [1.165, 1.54) is 6.07 Å². The van der Waals surface area contributed by atoms with Gasteiger partial charge in [0.1, 0.15) is 0 Å². The van der Waals surface area contributed by atoms with Crippen LogP contribution in [0, 0.1) is 0 Å². The van der Waals surface area contributed by atoms with Crippen LogP contribution in [0.15, 0.2) is 36.6 Å². The van der Waals surface area contributed by atoms with Gasteiger partial charge in [-0.05, 0) is 11.6 Å². The van der Waals surface area contributed by atoms with Crippen LogP contribution >= 0.6 is 0 Å². The lowest BCUT2D eigenvalue weighted by molar-refractivity contribution is -0.470. The van der Waals surface area contributed by atoms with Crippen molar-refractivity contribution < 1.29 is 92.5 Å². The smallest absolute Gasteiger partial charge is 0.436 e. The summed E-state index contributed by atoms with van der Waals surface area (Å²) < 4.78 is 270. The first-order chi connectivity index (χ1) is 17.5. The number of benzene rings is 1. The van der Waals surface area contributed by atoms with Crippen molar-refractivity contribution in [3.05, 3.63) is 42.2 Å². The minimum atomic E-state index is -8.91. The summed E-state index contributed by atoms with van der Waals surface area (Å²) in [6.07, 6.45) is -23.0. The van der Waals surface area contributed by atoms with Crippen molar-refractivity contribution in [3.8, 4) is 0 Å². The molecule has 0 amide bonds. The van der Waals surface area contributed by atoms with E-state index in [4.69, 9.17) is 0 Å². The van der Waals surface area contributed by atoms with E-state index in [9.17, 15) is 87.8 Å². The number of hydrogen-bond acceptors (Lipinski definition) is 1. The highest BCUT2D eigenvalue weighted by molar-refractivity contribution is 5.47. The van der Waals surface area contributed by atoms with E-state index in [2.05, 4.69) is 4.74 Å². The fraction of sp³-hybridized carbons (Fsp3) is 0.579. The first-order valence-electron chi connectivity index (χ1n) is 9.58. The fourth-order valence-electron chi connectivity index (χ4n) is 2.55. The summed E-state index contributed by atoms with van der Waals surface area (Å²) in [7, 11) is 0. The van der Waals surface area contributed by atoms with Gasteiger partial charge < -0.3 is 4.74 Å². The van der Waals surface area contributed by atoms with Gasteiger partial charge in [-0.3, -0.25) is 0 Å². The van der Waals surface area contributed by atoms with Crippen LogP contribution in [0.4, 0.5) is 87.8 Å². The molecule has 0 heterocycles. The van der Waals surface area contributed by atoms with E-state index in [1.54, 1.807) is 0 Å². The normalized spacial score (nSPS) is 16.4. The summed E-state index contributed by atoms with van der Waals surface area (Å²) in [6, 6.07) is 5.64. The third-order valence-corrected chi connectivity index (χ3v) is 4.84. The maximum Gasteiger partial charge on any atom is 0.470 e. The number of alkyl halides is 20. The van der Waals surface area contributed by atoms with Gasteiger partial charge in [0.15, 0.2) is 6.17 Å². The fourth-order valence-corrected chi connectivity index (χ4v) is 2.55. The molecule has 1 atom stereocenters. The first kappa shape index (κ1) is 35.4. The third kappa shape index (κ3) is 5.60. The molecule has 21 heteroatoms. The van der Waals surface area contributed by atoms with Crippen LogP contribution < -0.4 is 0 Å². The van der Waals surface area contributed by atoms with Crippen molar-refractivity contribution in [2.75, 3.05) is 0 Å². The van der Waals surface area contributed by atoms with Gasteiger partial charge in [-0.1, -0.05) is 30.3 Å². The van der Waals surface area contributed by atoms with E-state index >= 15 is 0 Å². The van der Waals surface area contributed by atoms with Crippen LogP contribution in [0.5, 0.6) is 0 Å². The predicted octanol–water partition coefficient (Wildman–Crippen LogP) is 9.00. The summed E-state index contributed by atoms with van der Waals surface area (Å²) in [5, 5.41) is 0. The quantitative estimate of drug-likeness (QED) is 0.165. The Balaban J connectivity index is 3.53. The second kappa shape index (κ2) is 10.3. The molecule has 0 spiro atoms. The Labute approximate surface area is 208 Å². The van der Waals surface area contributed by atoms with Crippen molar-refractivity contribution >= 4 is 6.08 Å². The molecule has 0 fully saturated rings. The molecular formula is C19H10F20O. The average molecular weight is 634 g/mol. The van der Waals surface area contributed by atoms with Crippen molar-refractivity contribution in [3.63, 3.8) is 0 Å². The van der Waals surface area contributed by atoms with E-state index in [0.29, 0.717) is 0 Å². The van der Waals surface area contributed by atoms with Crippen LogP contribution in [-0.2, 0) is 4.74 Å². The molecule has 0 radical (unpaired) electrons. The Morgan fingerprint density at radius 3 is 1.32 bits per heavy atom. The Bertz CT molecular complexity index is 1030. The zero-order valence-electron chi connectivity index (χ0n) is 18.3. The van der Waals surface area contributed by atoms with Gasteiger partial charge >= 0.3 is 53.7 Å². The van der Waals surface area contributed by atoms with E-state index in [-0.39, 0.29) is 11.6 Å². The lowest BCUT2D eigenvalue weighted by Crippen LogP contribution is -2.75. The monoisotopic (exact) mass is 634 g/mol. The number of rotatable bonds is 12. The minimum Gasteiger partial charge on any atom is -0.436 e. The maximum absolute atomic E-state index is 13.8. The zero-order chi connectivity index (χ0) is 32.0. The van der Waals surface area contributed by atoms with Gasteiger partial charge in [0.2, 0.25) is 0 Å². The second-order valence-corrected chi connectivity index (χ2v) is 7.70. The number of ether oxygens (including phenoxy) is 1. The molecule has 0 N–H and O–H groups in total. The minimum absolute atomic E-state index is 0.232. The van der Waals surface area contributed by atoms with Gasteiger partial charge in [0.05, 0.1) is 12.7 Å². The molecule has 0 aliphatic heterocycles. The standard InChI is InChI=1S/C19H10F20O/c20-10(8-11(21,22)23)12(24,25)13(26,27)14(28,29)15(30,31)16(32,33)17(34,35)18(36,37)19(38,39)40-7-6-9-4-2-1-3-5-9/h1-7,10H,8H2. The molecule has 1 aromatic carbocycles. The van der Waals surface area contributed by atoms with Crippen LogP contribution in [0.25, 0.3) is 6.08 Å². The van der Waals surface area contributed by atoms with Gasteiger partial charge in [0.25, 0.3) is 0 Å².